The van der Waals surface area contributed by atoms with Gasteiger partial charge in [-0.2, -0.15) is 0 Å². The summed E-state index contributed by atoms with van der Waals surface area (Å²) in [4.78, 5) is 4.52. The molecule has 0 fully saturated rings. The van der Waals surface area contributed by atoms with Crippen molar-refractivity contribution in [2.24, 2.45) is 0 Å². The molecular formula is C16H17ClN2S. The lowest BCUT2D eigenvalue weighted by molar-refractivity contribution is 0.828. The summed E-state index contributed by atoms with van der Waals surface area (Å²) in [5.74, 6) is 0.948. The monoisotopic (exact) mass is 304 g/mol. The number of fused-ring (bicyclic) bond motifs is 1. The van der Waals surface area contributed by atoms with Gasteiger partial charge >= 0.3 is 0 Å². The van der Waals surface area contributed by atoms with E-state index in [4.69, 9.17) is 5.73 Å². The summed E-state index contributed by atoms with van der Waals surface area (Å²) >= 11 is 1.77. The van der Waals surface area contributed by atoms with Crippen molar-refractivity contribution in [1.82, 2.24) is 4.98 Å². The molecule has 2 heterocycles. The van der Waals surface area contributed by atoms with Crippen LogP contribution in [0.3, 0.4) is 0 Å². The summed E-state index contributed by atoms with van der Waals surface area (Å²) in [6.07, 6.45) is 0. The van der Waals surface area contributed by atoms with Gasteiger partial charge in [0.25, 0.3) is 0 Å². The molecule has 0 aliphatic heterocycles. The molecule has 4 heteroatoms. The molecule has 0 saturated carbocycles. The van der Waals surface area contributed by atoms with Crippen LogP contribution in [0.15, 0.2) is 41.8 Å². The Kier molecular flexibility index (Phi) is 4.31. The first kappa shape index (κ1) is 14.8. The van der Waals surface area contributed by atoms with Crippen LogP contribution in [0.25, 0.3) is 21.2 Å². The minimum Gasteiger partial charge on any atom is -0.384 e. The molecule has 20 heavy (non-hydrogen) atoms. The van der Waals surface area contributed by atoms with E-state index in [1.807, 2.05) is 6.07 Å². The highest BCUT2D eigenvalue weighted by Gasteiger charge is 2.14. The molecule has 0 amide bonds. The van der Waals surface area contributed by atoms with E-state index in [9.17, 15) is 0 Å². The molecule has 104 valence electrons. The Hall–Kier alpha value is -1.58. The van der Waals surface area contributed by atoms with Crippen LogP contribution in [-0.4, -0.2) is 4.98 Å². The molecule has 3 rings (SSSR count). The first-order valence-electron chi connectivity index (χ1n) is 6.40. The van der Waals surface area contributed by atoms with Crippen LogP contribution in [-0.2, 0) is 0 Å². The molecule has 0 aliphatic carbocycles. The third-order valence-electron chi connectivity index (χ3n) is 3.26. The van der Waals surface area contributed by atoms with Crippen LogP contribution < -0.4 is 5.73 Å². The molecular weight excluding hydrogens is 288 g/mol. The van der Waals surface area contributed by atoms with E-state index in [2.05, 4.69) is 54.5 Å². The van der Waals surface area contributed by atoms with E-state index in [1.165, 1.54) is 21.2 Å². The summed E-state index contributed by atoms with van der Waals surface area (Å²) in [5.41, 5.74) is 9.35. The zero-order chi connectivity index (χ0) is 13.4. The molecule has 0 bridgehead atoms. The maximum Gasteiger partial charge on any atom is 0.123 e. The van der Waals surface area contributed by atoms with Gasteiger partial charge < -0.3 is 5.73 Å². The summed E-state index contributed by atoms with van der Waals surface area (Å²) < 4.78 is 1.31. The van der Waals surface area contributed by atoms with Gasteiger partial charge in [0.1, 0.15) is 5.82 Å². The van der Waals surface area contributed by atoms with Crippen LogP contribution >= 0.6 is 23.7 Å². The topological polar surface area (TPSA) is 38.9 Å². The molecule has 2 N–H and O–H groups in total. The Bertz CT molecular complexity index is 734. The average molecular weight is 305 g/mol. The van der Waals surface area contributed by atoms with E-state index < -0.39 is 0 Å². The summed E-state index contributed by atoms with van der Waals surface area (Å²) in [5, 5.41) is 3.50. The van der Waals surface area contributed by atoms with Crippen molar-refractivity contribution >= 4 is 39.6 Å². The van der Waals surface area contributed by atoms with E-state index in [-0.39, 0.29) is 12.4 Å². The molecule has 0 atom stereocenters. The summed E-state index contributed by atoms with van der Waals surface area (Å²) in [6, 6.07) is 12.5. The van der Waals surface area contributed by atoms with Crippen molar-refractivity contribution in [3.63, 3.8) is 0 Å². The second-order valence-electron chi connectivity index (χ2n) is 4.97. The van der Waals surface area contributed by atoms with Gasteiger partial charge in [0.05, 0.1) is 5.69 Å². The Morgan fingerprint density at radius 1 is 1.05 bits per heavy atom. The standard InChI is InChI=1S/C16H16N2S.ClH/c1-10(2)16-12(7-8-15(17)18-16)13-9-19-14-6-4-3-5-11(13)14;/h3-10H,1-2H3,(H2,17,18);1H. The van der Waals surface area contributed by atoms with Gasteiger partial charge in [0.15, 0.2) is 0 Å². The number of rotatable bonds is 2. The SMILES string of the molecule is CC(C)c1nc(N)ccc1-c1csc2ccccc12.Cl. The second kappa shape index (κ2) is 5.81. The van der Waals surface area contributed by atoms with Gasteiger partial charge in [-0.25, -0.2) is 4.98 Å². The molecule has 0 radical (unpaired) electrons. The molecule has 2 nitrogen and oxygen atoms in total. The minimum absolute atomic E-state index is 0. The number of hydrogen-bond acceptors (Lipinski definition) is 3. The van der Waals surface area contributed by atoms with Crippen LogP contribution in [0.2, 0.25) is 0 Å². The Labute approximate surface area is 129 Å². The highest BCUT2D eigenvalue weighted by Crippen LogP contribution is 2.37. The zero-order valence-electron chi connectivity index (χ0n) is 11.5. The van der Waals surface area contributed by atoms with Crippen LogP contribution in [0.5, 0.6) is 0 Å². The summed E-state index contributed by atoms with van der Waals surface area (Å²) in [6.45, 7) is 4.31. The molecule has 0 aliphatic rings. The fourth-order valence-electron chi connectivity index (χ4n) is 2.34. The number of anilines is 1. The van der Waals surface area contributed by atoms with Crippen molar-refractivity contribution in [3.05, 3.63) is 47.5 Å². The molecule has 0 unspecified atom stereocenters. The highest BCUT2D eigenvalue weighted by atomic mass is 35.5. The first-order chi connectivity index (χ1) is 9.16. The van der Waals surface area contributed by atoms with E-state index in [0.29, 0.717) is 11.7 Å². The maximum absolute atomic E-state index is 5.82. The Balaban J connectivity index is 0.00000147. The van der Waals surface area contributed by atoms with Crippen molar-refractivity contribution in [3.8, 4) is 11.1 Å². The van der Waals surface area contributed by atoms with E-state index in [0.717, 1.165) is 5.69 Å². The smallest absolute Gasteiger partial charge is 0.123 e. The van der Waals surface area contributed by atoms with Crippen molar-refractivity contribution < 1.29 is 0 Å². The van der Waals surface area contributed by atoms with Gasteiger partial charge in [0, 0.05) is 21.2 Å². The Morgan fingerprint density at radius 2 is 1.80 bits per heavy atom. The number of nitrogens with zero attached hydrogens (tertiary/aromatic N) is 1. The first-order valence-corrected chi connectivity index (χ1v) is 7.28. The third-order valence-corrected chi connectivity index (χ3v) is 4.23. The third kappa shape index (κ3) is 2.51. The number of pyridine rings is 1. The van der Waals surface area contributed by atoms with Crippen molar-refractivity contribution in [2.75, 3.05) is 5.73 Å². The van der Waals surface area contributed by atoms with Crippen LogP contribution in [0.1, 0.15) is 25.5 Å². The minimum atomic E-state index is 0. The molecule has 0 spiro atoms. The number of hydrogen-bond donors (Lipinski definition) is 1. The quantitative estimate of drug-likeness (QED) is 0.716. The highest BCUT2D eigenvalue weighted by molar-refractivity contribution is 7.17. The van der Waals surface area contributed by atoms with Crippen molar-refractivity contribution in [1.29, 1.82) is 0 Å². The van der Waals surface area contributed by atoms with Crippen LogP contribution in [0, 0.1) is 0 Å². The molecule has 0 saturated heterocycles. The maximum atomic E-state index is 5.82. The Morgan fingerprint density at radius 3 is 2.55 bits per heavy atom. The number of halogens is 1. The normalized spacial score (nSPS) is 10.8. The predicted molar refractivity (Wildman–Crippen MR) is 90.8 cm³/mol. The van der Waals surface area contributed by atoms with Gasteiger partial charge in [-0.15, -0.1) is 23.7 Å². The zero-order valence-corrected chi connectivity index (χ0v) is 13.1. The number of benzene rings is 1. The fraction of sp³-hybridized carbons (Fsp3) is 0.188. The average Bonchev–Trinajstić information content (AvgIpc) is 2.82. The van der Waals surface area contributed by atoms with Gasteiger partial charge in [-0.1, -0.05) is 32.0 Å². The number of aromatic nitrogens is 1. The number of nitrogen functional groups attached to an aromatic ring is 1. The van der Waals surface area contributed by atoms with Crippen molar-refractivity contribution in [2.45, 2.75) is 19.8 Å². The number of nitrogens with two attached hydrogens (primary N) is 1. The molecule has 1 aromatic carbocycles. The molecule has 2 aromatic heterocycles. The van der Waals surface area contributed by atoms with E-state index >= 15 is 0 Å². The molecule has 3 aromatic rings. The van der Waals surface area contributed by atoms with Crippen LogP contribution in [0.4, 0.5) is 5.82 Å². The van der Waals surface area contributed by atoms with Gasteiger partial charge in [0.2, 0.25) is 0 Å². The predicted octanol–water partition coefficient (Wildman–Crippen LogP) is 5.09. The largest absolute Gasteiger partial charge is 0.384 e. The van der Waals surface area contributed by atoms with Gasteiger partial charge in [-0.05, 0) is 29.5 Å². The lowest BCUT2D eigenvalue weighted by Gasteiger charge is -2.12. The van der Waals surface area contributed by atoms with Gasteiger partial charge in [-0.3, -0.25) is 0 Å². The lowest BCUT2D eigenvalue weighted by Crippen LogP contribution is -2.00. The number of thiophene rings is 1. The second-order valence-corrected chi connectivity index (χ2v) is 5.88. The van der Waals surface area contributed by atoms with E-state index in [1.54, 1.807) is 11.3 Å². The summed E-state index contributed by atoms with van der Waals surface area (Å²) in [7, 11) is 0. The lowest BCUT2D eigenvalue weighted by atomic mass is 9.97. The fourth-order valence-corrected chi connectivity index (χ4v) is 3.31.